The van der Waals surface area contributed by atoms with Crippen molar-refractivity contribution in [3.63, 3.8) is 0 Å². The van der Waals surface area contributed by atoms with Gasteiger partial charge in [-0.1, -0.05) is 53.2 Å². The molecule has 102 valence electrons. The number of aromatic amines is 2. The molecule has 2 heterocycles. The van der Waals surface area contributed by atoms with Crippen molar-refractivity contribution in [2.45, 2.75) is 10.8 Å². The van der Waals surface area contributed by atoms with Gasteiger partial charge in [-0.2, -0.15) is 5.10 Å². The van der Waals surface area contributed by atoms with Crippen molar-refractivity contribution in [2.24, 2.45) is 0 Å². The van der Waals surface area contributed by atoms with Crippen LogP contribution in [0.4, 0.5) is 0 Å². The van der Waals surface area contributed by atoms with Gasteiger partial charge in [-0.3, -0.25) is 5.10 Å². The average Bonchev–Trinajstić information content (AvgIpc) is 2.90. The number of nitrogens with one attached hydrogen (secondary N) is 2. The molecule has 0 fully saturated rings. The second-order valence-electron chi connectivity index (χ2n) is 4.01. The molecule has 2 N–H and O–H groups in total. The van der Waals surface area contributed by atoms with Crippen molar-refractivity contribution in [1.82, 2.24) is 20.2 Å². The largest absolute Gasteiger partial charge is 0.342 e. The van der Waals surface area contributed by atoms with Crippen molar-refractivity contribution in [3.05, 3.63) is 44.8 Å². The number of hydrogen-bond donors (Lipinski definition) is 2. The van der Waals surface area contributed by atoms with E-state index in [0.717, 1.165) is 21.6 Å². The first-order valence-electron chi connectivity index (χ1n) is 5.63. The van der Waals surface area contributed by atoms with Crippen LogP contribution in [0, 0.1) is 4.64 Å². The van der Waals surface area contributed by atoms with Gasteiger partial charge in [0.25, 0.3) is 0 Å². The fourth-order valence-corrected chi connectivity index (χ4v) is 3.44. The van der Waals surface area contributed by atoms with E-state index < -0.39 is 0 Å². The molecule has 0 bridgehead atoms. The molecule has 0 aliphatic heterocycles. The molecule has 3 aromatic rings. The molecular weight excluding hydrogens is 335 g/mol. The molecule has 0 radical (unpaired) electrons. The van der Waals surface area contributed by atoms with E-state index in [4.69, 9.17) is 35.4 Å². The van der Waals surface area contributed by atoms with Crippen LogP contribution in [-0.4, -0.2) is 20.2 Å². The first kappa shape index (κ1) is 13.9. The van der Waals surface area contributed by atoms with Crippen LogP contribution in [0.15, 0.2) is 29.6 Å². The summed E-state index contributed by atoms with van der Waals surface area (Å²) in [6.45, 7) is 0. The summed E-state index contributed by atoms with van der Waals surface area (Å²) in [5.41, 5.74) is 2.56. The molecule has 0 aliphatic carbocycles. The predicted molar refractivity (Wildman–Crippen MR) is 85.1 cm³/mol. The van der Waals surface area contributed by atoms with Gasteiger partial charge < -0.3 is 4.98 Å². The molecule has 2 aromatic heterocycles. The molecule has 20 heavy (non-hydrogen) atoms. The summed E-state index contributed by atoms with van der Waals surface area (Å²) in [5.74, 6) is 0.682. The van der Waals surface area contributed by atoms with Crippen LogP contribution >= 0.6 is 47.2 Å². The van der Waals surface area contributed by atoms with E-state index in [9.17, 15) is 0 Å². The van der Waals surface area contributed by atoms with Crippen molar-refractivity contribution in [3.8, 4) is 0 Å². The highest BCUT2D eigenvalue weighted by molar-refractivity contribution is 7.98. The number of aromatic nitrogens is 4. The zero-order valence-electron chi connectivity index (χ0n) is 9.98. The third-order valence-electron chi connectivity index (χ3n) is 2.71. The van der Waals surface area contributed by atoms with Crippen LogP contribution in [-0.2, 0) is 5.75 Å². The number of fused-ring (bicyclic) bond motifs is 1. The zero-order valence-corrected chi connectivity index (χ0v) is 13.1. The number of rotatable bonds is 3. The Balaban J connectivity index is 1.89. The molecule has 0 saturated carbocycles. The predicted octanol–water partition coefficient (Wildman–Crippen LogP) is 4.61. The Labute approximate surface area is 133 Å². The van der Waals surface area contributed by atoms with Crippen molar-refractivity contribution < 1.29 is 0 Å². The van der Waals surface area contributed by atoms with Gasteiger partial charge in [0.15, 0.2) is 0 Å². The van der Waals surface area contributed by atoms with E-state index in [1.54, 1.807) is 24.2 Å². The number of hydrogen-bond acceptors (Lipinski definition) is 4. The van der Waals surface area contributed by atoms with Gasteiger partial charge in [-0.05, 0) is 17.7 Å². The summed E-state index contributed by atoms with van der Waals surface area (Å²) < 4.78 is 0.523. The standard InChI is InChI=1S/C12H8Cl2N4S2/c13-7-2-1-6(8(14)3-7)4-20-12-10-9(15-5-16-10)11(19)17-18-12/h1-3,5H,4H2,(H,15,16)(H,17,19). The summed E-state index contributed by atoms with van der Waals surface area (Å²) in [7, 11) is 0. The van der Waals surface area contributed by atoms with E-state index >= 15 is 0 Å². The van der Waals surface area contributed by atoms with Crippen LogP contribution < -0.4 is 0 Å². The Morgan fingerprint density at radius 2 is 2.15 bits per heavy atom. The molecule has 4 nitrogen and oxygen atoms in total. The maximum atomic E-state index is 6.16. The van der Waals surface area contributed by atoms with Gasteiger partial charge in [-0.15, -0.1) is 0 Å². The minimum Gasteiger partial charge on any atom is -0.342 e. The fourth-order valence-electron chi connectivity index (χ4n) is 1.73. The Bertz CT molecular complexity index is 828. The van der Waals surface area contributed by atoms with Crippen LogP contribution in [0.25, 0.3) is 11.0 Å². The maximum absolute atomic E-state index is 6.16. The monoisotopic (exact) mass is 342 g/mol. The first-order chi connectivity index (χ1) is 9.65. The molecule has 0 amide bonds. The highest BCUT2D eigenvalue weighted by atomic mass is 35.5. The van der Waals surface area contributed by atoms with Crippen molar-refractivity contribution >= 4 is 58.2 Å². The van der Waals surface area contributed by atoms with E-state index in [2.05, 4.69) is 20.2 Å². The molecule has 3 rings (SSSR count). The number of nitrogens with zero attached hydrogens (tertiary/aromatic N) is 2. The first-order valence-corrected chi connectivity index (χ1v) is 7.78. The lowest BCUT2D eigenvalue weighted by Gasteiger charge is -2.05. The molecular formula is C12H8Cl2N4S2. The Kier molecular flexibility index (Phi) is 3.98. The van der Waals surface area contributed by atoms with Crippen LogP contribution in [0.3, 0.4) is 0 Å². The van der Waals surface area contributed by atoms with Gasteiger partial charge in [-0.25, -0.2) is 4.98 Å². The topological polar surface area (TPSA) is 57.4 Å². The summed E-state index contributed by atoms with van der Waals surface area (Å²) in [6, 6.07) is 5.46. The number of benzene rings is 1. The van der Waals surface area contributed by atoms with Gasteiger partial charge in [0.1, 0.15) is 20.7 Å². The molecule has 8 heteroatoms. The van der Waals surface area contributed by atoms with Gasteiger partial charge >= 0.3 is 0 Å². The molecule has 0 atom stereocenters. The third-order valence-corrected chi connectivity index (χ3v) is 4.60. The minimum atomic E-state index is 0.523. The number of halogens is 2. The summed E-state index contributed by atoms with van der Waals surface area (Å²) in [6.07, 6.45) is 1.61. The number of thioether (sulfide) groups is 1. The smallest absolute Gasteiger partial charge is 0.147 e. The lowest BCUT2D eigenvalue weighted by Crippen LogP contribution is -1.90. The fraction of sp³-hybridized carbons (Fsp3) is 0.0833. The van der Waals surface area contributed by atoms with Gasteiger partial charge in [0.2, 0.25) is 0 Å². The van der Waals surface area contributed by atoms with Crippen molar-refractivity contribution in [1.29, 1.82) is 0 Å². The lowest BCUT2D eigenvalue weighted by atomic mass is 10.2. The maximum Gasteiger partial charge on any atom is 0.147 e. The van der Waals surface area contributed by atoms with Crippen LogP contribution in [0.2, 0.25) is 10.0 Å². The summed E-state index contributed by atoms with van der Waals surface area (Å²) in [4.78, 5) is 7.23. The van der Waals surface area contributed by atoms with E-state index in [0.29, 0.717) is 20.4 Å². The molecule has 0 saturated heterocycles. The Morgan fingerprint density at radius 3 is 2.95 bits per heavy atom. The van der Waals surface area contributed by atoms with Crippen LogP contribution in [0.5, 0.6) is 0 Å². The summed E-state index contributed by atoms with van der Waals surface area (Å²) >= 11 is 18.7. The number of H-pyrrole nitrogens is 2. The average molecular weight is 343 g/mol. The molecule has 0 spiro atoms. The van der Waals surface area contributed by atoms with Gasteiger partial charge in [0.05, 0.1) is 6.33 Å². The molecule has 0 unspecified atom stereocenters. The zero-order chi connectivity index (χ0) is 14.1. The van der Waals surface area contributed by atoms with Gasteiger partial charge in [0, 0.05) is 15.8 Å². The molecule has 1 aromatic carbocycles. The van der Waals surface area contributed by atoms with E-state index in [1.165, 1.54) is 0 Å². The minimum absolute atomic E-state index is 0.523. The second-order valence-corrected chi connectivity index (χ2v) is 6.22. The highest BCUT2D eigenvalue weighted by Crippen LogP contribution is 2.30. The highest BCUT2D eigenvalue weighted by Gasteiger charge is 2.09. The van der Waals surface area contributed by atoms with E-state index in [-0.39, 0.29) is 0 Å². The quantitative estimate of drug-likeness (QED) is 0.538. The molecule has 0 aliphatic rings. The Morgan fingerprint density at radius 1 is 1.30 bits per heavy atom. The summed E-state index contributed by atoms with van der Waals surface area (Å²) in [5, 5.41) is 9.11. The van der Waals surface area contributed by atoms with Crippen LogP contribution in [0.1, 0.15) is 5.56 Å². The SMILES string of the molecule is S=c1[nH]nc(SCc2ccc(Cl)cc2Cl)c2[nH]cnc12. The van der Waals surface area contributed by atoms with E-state index in [1.807, 2.05) is 12.1 Å². The Hall–Kier alpha value is -1.08. The second kappa shape index (κ2) is 5.73. The normalized spacial score (nSPS) is 11.1. The van der Waals surface area contributed by atoms with Crippen molar-refractivity contribution in [2.75, 3.05) is 0 Å². The lowest BCUT2D eigenvalue weighted by molar-refractivity contribution is 0.939. The number of imidazole rings is 1. The third kappa shape index (κ3) is 2.69.